The number of aromatic hydroxyl groups is 1. The van der Waals surface area contributed by atoms with Crippen molar-refractivity contribution in [2.75, 3.05) is 14.2 Å². The first kappa shape index (κ1) is 20.5. The number of nitrogens with zero attached hydrogens (tertiary/aromatic N) is 1. The average molecular weight is 412 g/mol. The highest BCUT2D eigenvalue weighted by molar-refractivity contribution is 5.84. The molecule has 0 saturated carbocycles. The van der Waals surface area contributed by atoms with Crippen molar-refractivity contribution < 1.29 is 14.6 Å². The van der Waals surface area contributed by atoms with Crippen LogP contribution in [0.2, 0.25) is 0 Å². The summed E-state index contributed by atoms with van der Waals surface area (Å²) in [5.74, 6) is 1.53. The van der Waals surface area contributed by atoms with Crippen molar-refractivity contribution in [3.05, 3.63) is 95.7 Å². The van der Waals surface area contributed by atoms with Gasteiger partial charge in [-0.1, -0.05) is 42.5 Å². The standard InChI is InChI=1S/C27H25NO3/c1-18-21(15-19-7-5-4-6-8-19)16-25(20-9-11-22(30-2)12-10-20)27(28-18)24-14-13-23(31-3)17-26(24)29/h4-14,16-17,29H,15H2,1-3H3. The van der Waals surface area contributed by atoms with Gasteiger partial charge in [0.15, 0.2) is 0 Å². The van der Waals surface area contributed by atoms with Crippen molar-refractivity contribution in [1.82, 2.24) is 4.98 Å². The number of ether oxygens (including phenoxy) is 2. The Bertz CT molecular complexity index is 1190. The second-order valence-corrected chi connectivity index (χ2v) is 7.40. The minimum absolute atomic E-state index is 0.136. The van der Waals surface area contributed by atoms with Gasteiger partial charge < -0.3 is 14.6 Å². The van der Waals surface area contributed by atoms with Crippen molar-refractivity contribution in [2.24, 2.45) is 0 Å². The van der Waals surface area contributed by atoms with E-state index in [1.807, 2.05) is 61.5 Å². The van der Waals surface area contributed by atoms with Crippen molar-refractivity contribution >= 4 is 0 Å². The molecule has 0 aliphatic carbocycles. The first-order chi connectivity index (χ1) is 15.1. The van der Waals surface area contributed by atoms with Gasteiger partial charge in [-0.3, -0.25) is 4.98 Å². The molecular weight excluding hydrogens is 386 g/mol. The number of methoxy groups -OCH3 is 2. The van der Waals surface area contributed by atoms with E-state index in [1.165, 1.54) is 5.56 Å². The number of hydrogen-bond acceptors (Lipinski definition) is 4. The van der Waals surface area contributed by atoms with Gasteiger partial charge in [0.2, 0.25) is 0 Å². The largest absolute Gasteiger partial charge is 0.507 e. The number of phenolic OH excluding ortho intramolecular Hbond substituents is 1. The van der Waals surface area contributed by atoms with E-state index >= 15 is 0 Å². The Balaban J connectivity index is 1.87. The predicted octanol–water partition coefficient (Wildman–Crippen LogP) is 6.04. The van der Waals surface area contributed by atoms with Gasteiger partial charge in [0, 0.05) is 22.9 Å². The van der Waals surface area contributed by atoms with E-state index < -0.39 is 0 Å². The normalized spacial score (nSPS) is 10.7. The molecule has 4 nitrogen and oxygen atoms in total. The maximum absolute atomic E-state index is 10.7. The predicted molar refractivity (Wildman–Crippen MR) is 124 cm³/mol. The summed E-state index contributed by atoms with van der Waals surface area (Å²) < 4.78 is 10.6. The molecule has 0 saturated heterocycles. The summed E-state index contributed by atoms with van der Waals surface area (Å²) in [6, 6.07) is 25.7. The summed E-state index contributed by atoms with van der Waals surface area (Å²) in [5.41, 5.74) is 6.68. The van der Waals surface area contributed by atoms with Crippen molar-refractivity contribution in [3.8, 4) is 39.6 Å². The van der Waals surface area contributed by atoms with Crippen LogP contribution < -0.4 is 9.47 Å². The highest BCUT2D eigenvalue weighted by atomic mass is 16.5. The molecule has 0 fully saturated rings. The van der Waals surface area contributed by atoms with Crippen LogP contribution in [0.4, 0.5) is 0 Å². The molecule has 0 spiro atoms. The molecule has 1 N–H and O–H groups in total. The number of hydrogen-bond donors (Lipinski definition) is 1. The number of pyridine rings is 1. The van der Waals surface area contributed by atoms with Crippen LogP contribution >= 0.6 is 0 Å². The molecule has 31 heavy (non-hydrogen) atoms. The molecular formula is C27H25NO3. The lowest BCUT2D eigenvalue weighted by molar-refractivity contribution is 0.408. The monoisotopic (exact) mass is 411 g/mol. The van der Waals surface area contributed by atoms with Crippen LogP contribution in [0.1, 0.15) is 16.8 Å². The molecule has 0 radical (unpaired) electrons. The fraction of sp³-hybridized carbons (Fsp3) is 0.148. The number of rotatable bonds is 6. The van der Waals surface area contributed by atoms with Crippen LogP contribution in [0, 0.1) is 6.92 Å². The van der Waals surface area contributed by atoms with Crippen LogP contribution in [0.15, 0.2) is 78.9 Å². The zero-order valence-corrected chi connectivity index (χ0v) is 17.9. The van der Waals surface area contributed by atoms with E-state index in [0.717, 1.165) is 40.2 Å². The molecule has 4 rings (SSSR count). The van der Waals surface area contributed by atoms with Gasteiger partial charge in [-0.05, 0) is 60.4 Å². The molecule has 0 aliphatic heterocycles. The summed E-state index contributed by atoms with van der Waals surface area (Å²) >= 11 is 0. The minimum Gasteiger partial charge on any atom is -0.507 e. The van der Waals surface area contributed by atoms with Crippen LogP contribution in [-0.4, -0.2) is 24.3 Å². The zero-order valence-electron chi connectivity index (χ0n) is 17.9. The molecule has 1 heterocycles. The molecule has 3 aromatic carbocycles. The number of phenols is 1. The van der Waals surface area contributed by atoms with Gasteiger partial charge in [-0.2, -0.15) is 0 Å². The molecule has 4 aromatic rings. The number of aryl methyl sites for hydroxylation is 1. The molecule has 156 valence electrons. The molecule has 4 heteroatoms. The first-order valence-corrected chi connectivity index (χ1v) is 10.2. The van der Waals surface area contributed by atoms with Crippen molar-refractivity contribution in [1.29, 1.82) is 0 Å². The lowest BCUT2D eigenvalue weighted by Gasteiger charge is -2.16. The topological polar surface area (TPSA) is 51.6 Å². The average Bonchev–Trinajstić information content (AvgIpc) is 2.81. The zero-order chi connectivity index (χ0) is 21.8. The van der Waals surface area contributed by atoms with Gasteiger partial charge >= 0.3 is 0 Å². The van der Waals surface area contributed by atoms with E-state index in [4.69, 9.17) is 14.5 Å². The third-order valence-corrected chi connectivity index (χ3v) is 5.42. The minimum atomic E-state index is 0.136. The van der Waals surface area contributed by atoms with Crippen molar-refractivity contribution in [2.45, 2.75) is 13.3 Å². The van der Waals surface area contributed by atoms with Gasteiger partial charge in [0.25, 0.3) is 0 Å². The molecule has 0 aliphatic rings. The molecule has 1 aromatic heterocycles. The van der Waals surface area contributed by atoms with Crippen LogP contribution in [-0.2, 0) is 6.42 Å². The highest BCUT2D eigenvalue weighted by Crippen LogP contribution is 2.39. The number of aromatic nitrogens is 1. The van der Waals surface area contributed by atoms with Crippen LogP contribution in [0.5, 0.6) is 17.2 Å². The third kappa shape index (κ3) is 4.38. The lowest BCUT2D eigenvalue weighted by Crippen LogP contribution is -2.00. The van der Waals surface area contributed by atoms with Gasteiger partial charge in [0.1, 0.15) is 17.2 Å². The SMILES string of the molecule is COc1ccc(-c2cc(Cc3ccccc3)c(C)nc2-c2ccc(OC)cc2O)cc1. The second kappa shape index (κ2) is 8.92. The van der Waals surface area contributed by atoms with E-state index in [0.29, 0.717) is 11.3 Å². The molecule has 0 unspecified atom stereocenters. The van der Waals surface area contributed by atoms with Gasteiger partial charge in [-0.15, -0.1) is 0 Å². The third-order valence-electron chi connectivity index (χ3n) is 5.42. The smallest absolute Gasteiger partial charge is 0.128 e. The van der Waals surface area contributed by atoms with Crippen LogP contribution in [0.3, 0.4) is 0 Å². The van der Waals surface area contributed by atoms with Gasteiger partial charge in [0.05, 0.1) is 19.9 Å². The van der Waals surface area contributed by atoms with Crippen molar-refractivity contribution in [3.63, 3.8) is 0 Å². The van der Waals surface area contributed by atoms with E-state index in [9.17, 15) is 5.11 Å². The lowest BCUT2D eigenvalue weighted by atomic mass is 9.94. The Labute approximate surface area is 182 Å². The van der Waals surface area contributed by atoms with Crippen LogP contribution in [0.25, 0.3) is 22.4 Å². The summed E-state index contributed by atoms with van der Waals surface area (Å²) in [6.07, 6.45) is 0.789. The van der Waals surface area contributed by atoms with E-state index in [2.05, 4.69) is 18.2 Å². The fourth-order valence-corrected chi connectivity index (χ4v) is 3.68. The van der Waals surface area contributed by atoms with E-state index in [-0.39, 0.29) is 5.75 Å². The Kier molecular flexibility index (Phi) is 5.89. The molecule has 0 amide bonds. The summed E-state index contributed by atoms with van der Waals surface area (Å²) in [4.78, 5) is 4.94. The maximum Gasteiger partial charge on any atom is 0.128 e. The Morgan fingerprint density at radius 3 is 2.10 bits per heavy atom. The highest BCUT2D eigenvalue weighted by Gasteiger charge is 2.17. The quantitative estimate of drug-likeness (QED) is 0.420. The molecule has 0 bridgehead atoms. The Hall–Kier alpha value is -3.79. The first-order valence-electron chi connectivity index (χ1n) is 10.2. The fourth-order valence-electron chi connectivity index (χ4n) is 3.68. The number of benzene rings is 3. The molecule has 0 atom stereocenters. The second-order valence-electron chi connectivity index (χ2n) is 7.40. The van der Waals surface area contributed by atoms with Gasteiger partial charge in [-0.25, -0.2) is 0 Å². The Morgan fingerprint density at radius 2 is 1.45 bits per heavy atom. The van der Waals surface area contributed by atoms with E-state index in [1.54, 1.807) is 20.3 Å². The summed E-state index contributed by atoms with van der Waals surface area (Å²) in [6.45, 7) is 2.01. The Morgan fingerprint density at radius 1 is 0.774 bits per heavy atom. The summed E-state index contributed by atoms with van der Waals surface area (Å²) in [7, 11) is 3.24. The maximum atomic E-state index is 10.7. The summed E-state index contributed by atoms with van der Waals surface area (Å²) in [5, 5.41) is 10.7.